The van der Waals surface area contributed by atoms with Gasteiger partial charge in [-0.05, 0) is 17.7 Å². The number of hydrogen-bond donors (Lipinski definition) is 2. The van der Waals surface area contributed by atoms with Crippen molar-refractivity contribution >= 4 is 17.5 Å². The molecule has 1 aromatic carbocycles. The molecule has 20 heavy (non-hydrogen) atoms. The standard InChI is InChI=1S/C14H17N3O3/c18-13-9-17(14(19)8-16-13)11-3-1-10(2-4-11)12-7-15-5-6-20-12/h1-4,12,15H,5-9H2,(H,16,18). The van der Waals surface area contributed by atoms with Crippen LogP contribution in [0.15, 0.2) is 24.3 Å². The van der Waals surface area contributed by atoms with E-state index in [1.807, 2.05) is 24.3 Å². The highest BCUT2D eigenvalue weighted by molar-refractivity contribution is 6.04. The number of rotatable bonds is 2. The molecule has 2 heterocycles. The number of nitrogens with zero attached hydrogens (tertiary/aromatic N) is 1. The van der Waals surface area contributed by atoms with Gasteiger partial charge in [0.2, 0.25) is 11.8 Å². The molecule has 0 aromatic heterocycles. The fourth-order valence-electron chi connectivity index (χ4n) is 2.44. The van der Waals surface area contributed by atoms with Crippen LogP contribution >= 0.6 is 0 Å². The van der Waals surface area contributed by atoms with Crippen molar-refractivity contribution in [3.05, 3.63) is 29.8 Å². The summed E-state index contributed by atoms with van der Waals surface area (Å²) in [6, 6.07) is 7.63. The van der Waals surface area contributed by atoms with E-state index in [0.29, 0.717) is 6.61 Å². The van der Waals surface area contributed by atoms with E-state index in [4.69, 9.17) is 4.74 Å². The second-order valence-corrected chi connectivity index (χ2v) is 4.91. The second kappa shape index (κ2) is 5.60. The number of carbonyl (C=O) groups is 2. The highest BCUT2D eigenvalue weighted by Crippen LogP contribution is 2.23. The van der Waals surface area contributed by atoms with Crippen molar-refractivity contribution in [2.24, 2.45) is 0 Å². The molecule has 0 spiro atoms. The van der Waals surface area contributed by atoms with Gasteiger partial charge in [0, 0.05) is 18.8 Å². The Bertz CT molecular complexity index is 509. The van der Waals surface area contributed by atoms with Crippen LogP contribution < -0.4 is 15.5 Å². The highest BCUT2D eigenvalue weighted by atomic mass is 16.5. The third-order valence-electron chi connectivity index (χ3n) is 3.54. The first-order chi connectivity index (χ1) is 9.74. The van der Waals surface area contributed by atoms with E-state index in [-0.39, 0.29) is 31.0 Å². The molecule has 2 saturated heterocycles. The van der Waals surface area contributed by atoms with Crippen molar-refractivity contribution in [3.63, 3.8) is 0 Å². The normalized spacial score (nSPS) is 23.6. The molecular formula is C14H17N3O3. The molecule has 2 aliphatic heterocycles. The minimum absolute atomic E-state index is 0.0538. The summed E-state index contributed by atoms with van der Waals surface area (Å²) in [6.45, 7) is 2.53. The molecule has 3 rings (SSSR count). The number of benzene rings is 1. The van der Waals surface area contributed by atoms with Gasteiger partial charge in [0.25, 0.3) is 0 Å². The number of morpholine rings is 1. The molecule has 1 aromatic rings. The molecule has 1 unspecified atom stereocenters. The van der Waals surface area contributed by atoms with Gasteiger partial charge in [0.15, 0.2) is 0 Å². The van der Waals surface area contributed by atoms with Gasteiger partial charge >= 0.3 is 0 Å². The number of hydrogen-bond acceptors (Lipinski definition) is 4. The number of anilines is 1. The third kappa shape index (κ3) is 2.66. The van der Waals surface area contributed by atoms with Gasteiger partial charge in [-0.25, -0.2) is 0 Å². The Labute approximate surface area is 117 Å². The summed E-state index contributed by atoms with van der Waals surface area (Å²) < 4.78 is 5.68. The molecule has 0 aliphatic carbocycles. The molecule has 106 valence electrons. The summed E-state index contributed by atoms with van der Waals surface area (Å²) in [5, 5.41) is 5.82. The van der Waals surface area contributed by atoms with Crippen molar-refractivity contribution in [1.29, 1.82) is 0 Å². The maximum Gasteiger partial charge on any atom is 0.246 e. The van der Waals surface area contributed by atoms with Crippen molar-refractivity contribution in [2.75, 3.05) is 37.7 Å². The van der Waals surface area contributed by atoms with Gasteiger partial charge in [-0.15, -0.1) is 0 Å². The summed E-state index contributed by atoms with van der Waals surface area (Å²) >= 11 is 0. The SMILES string of the molecule is O=C1CN(c2ccc(C3CNCCO3)cc2)C(=O)CN1. The van der Waals surface area contributed by atoms with E-state index in [9.17, 15) is 9.59 Å². The Morgan fingerprint density at radius 3 is 2.70 bits per heavy atom. The average Bonchev–Trinajstić information content (AvgIpc) is 2.51. The molecule has 0 radical (unpaired) electrons. The van der Waals surface area contributed by atoms with E-state index >= 15 is 0 Å². The number of piperazine rings is 1. The highest BCUT2D eigenvalue weighted by Gasteiger charge is 2.24. The van der Waals surface area contributed by atoms with Gasteiger partial charge in [0.05, 0.1) is 19.3 Å². The zero-order valence-electron chi connectivity index (χ0n) is 11.1. The summed E-state index contributed by atoms with van der Waals surface area (Å²) in [6.07, 6.45) is 0.0538. The van der Waals surface area contributed by atoms with Crippen molar-refractivity contribution in [1.82, 2.24) is 10.6 Å². The average molecular weight is 275 g/mol. The van der Waals surface area contributed by atoms with E-state index in [0.717, 1.165) is 24.3 Å². The summed E-state index contributed by atoms with van der Waals surface area (Å²) in [5.74, 6) is -0.221. The van der Waals surface area contributed by atoms with Crippen LogP contribution in [-0.4, -0.2) is 44.6 Å². The van der Waals surface area contributed by atoms with Crippen LogP contribution in [0, 0.1) is 0 Å². The van der Waals surface area contributed by atoms with Crippen LogP contribution in [0.4, 0.5) is 5.69 Å². The summed E-state index contributed by atoms with van der Waals surface area (Å²) in [4.78, 5) is 24.7. The van der Waals surface area contributed by atoms with E-state index in [1.54, 1.807) is 0 Å². The maximum absolute atomic E-state index is 11.8. The summed E-state index contributed by atoms with van der Waals surface area (Å²) in [5.41, 5.74) is 1.83. The van der Waals surface area contributed by atoms with Gasteiger partial charge in [-0.2, -0.15) is 0 Å². The molecule has 0 bridgehead atoms. The van der Waals surface area contributed by atoms with Crippen LogP contribution in [-0.2, 0) is 14.3 Å². The molecule has 6 heteroatoms. The number of carbonyl (C=O) groups excluding carboxylic acids is 2. The molecule has 2 amide bonds. The second-order valence-electron chi connectivity index (χ2n) is 4.91. The lowest BCUT2D eigenvalue weighted by Crippen LogP contribution is -2.51. The van der Waals surface area contributed by atoms with Gasteiger partial charge < -0.3 is 20.3 Å². The molecule has 1 atom stereocenters. The third-order valence-corrected chi connectivity index (χ3v) is 3.54. The van der Waals surface area contributed by atoms with E-state index < -0.39 is 0 Å². The molecule has 2 fully saturated rings. The minimum atomic E-state index is -0.131. The first-order valence-electron chi connectivity index (χ1n) is 6.73. The van der Waals surface area contributed by atoms with Gasteiger partial charge in [-0.1, -0.05) is 12.1 Å². The number of amides is 2. The fraction of sp³-hybridized carbons (Fsp3) is 0.429. The molecule has 0 saturated carbocycles. The zero-order chi connectivity index (χ0) is 13.9. The van der Waals surface area contributed by atoms with Crippen LogP contribution in [0.25, 0.3) is 0 Å². The van der Waals surface area contributed by atoms with Crippen molar-refractivity contribution in [2.45, 2.75) is 6.10 Å². The van der Waals surface area contributed by atoms with Crippen LogP contribution in [0.5, 0.6) is 0 Å². The lowest BCUT2D eigenvalue weighted by atomic mass is 10.1. The van der Waals surface area contributed by atoms with Crippen LogP contribution in [0.2, 0.25) is 0 Å². The first kappa shape index (κ1) is 13.1. The van der Waals surface area contributed by atoms with E-state index in [2.05, 4.69) is 10.6 Å². The predicted octanol–water partition coefficient (Wildman–Crippen LogP) is -0.190. The Balaban J connectivity index is 1.74. The van der Waals surface area contributed by atoms with Crippen molar-refractivity contribution < 1.29 is 14.3 Å². The topological polar surface area (TPSA) is 70.7 Å². The largest absolute Gasteiger partial charge is 0.371 e. The minimum Gasteiger partial charge on any atom is -0.371 e. The van der Waals surface area contributed by atoms with Gasteiger partial charge in [0.1, 0.15) is 6.54 Å². The molecule has 2 aliphatic rings. The Kier molecular flexibility index (Phi) is 3.66. The number of ether oxygens (including phenoxy) is 1. The lowest BCUT2D eigenvalue weighted by molar-refractivity contribution is -0.128. The molecular weight excluding hydrogens is 258 g/mol. The smallest absolute Gasteiger partial charge is 0.246 e. The zero-order valence-corrected chi connectivity index (χ0v) is 11.1. The first-order valence-corrected chi connectivity index (χ1v) is 6.73. The quantitative estimate of drug-likeness (QED) is 0.785. The monoisotopic (exact) mass is 275 g/mol. The van der Waals surface area contributed by atoms with Crippen molar-refractivity contribution in [3.8, 4) is 0 Å². The molecule has 6 nitrogen and oxygen atoms in total. The van der Waals surface area contributed by atoms with Gasteiger partial charge in [-0.3, -0.25) is 9.59 Å². The summed E-state index contributed by atoms with van der Waals surface area (Å²) in [7, 11) is 0. The van der Waals surface area contributed by atoms with E-state index in [1.165, 1.54) is 4.90 Å². The Hall–Kier alpha value is -1.92. The predicted molar refractivity (Wildman–Crippen MR) is 73.4 cm³/mol. The van der Waals surface area contributed by atoms with Crippen LogP contribution in [0.1, 0.15) is 11.7 Å². The lowest BCUT2D eigenvalue weighted by Gasteiger charge is -2.28. The maximum atomic E-state index is 11.8. The number of nitrogens with one attached hydrogen (secondary N) is 2. The Morgan fingerprint density at radius 1 is 1.20 bits per heavy atom. The van der Waals surface area contributed by atoms with Crippen LogP contribution in [0.3, 0.4) is 0 Å². The molecule has 2 N–H and O–H groups in total. The fourth-order valence-corrected chi connectivity index (χ4v) is 2.44. The Morgan fingerprint density at radius 2 is 2.00 bits per heavy atom.